The summed E-state index contributed by atoms with van der Waals surface area (Å²) in [5, 5.41) is 2.93. The van der Waals surface area contributed by atoms with Gasteiger partial charge < -0.3 is 20.5 Å². The van der Waals surface area contributed by atoms with E-state index in [9.17, 15) is 9.18 Å². The third kappa shape index (κ3) is 5.34. The molecule has 1 aromatic carbocycles. The number of nitrogens with two attached hydrogens (primary N) is 1. The van der Waals surface area contributed by atoms with Gasteiger partial charge in [-0.15, -0.1) is 12.4 Å². The molecule has 23 heavy (non-hydrogen) atoms. The molecule has 2 rings (SSSR count). The monoisotopic (exact) mass is 346 g/mol. The number of hydrogen-bond donors (Lipinski definition) is 2. The molecular weight excluding hydrogens is 323 g/mol. The van der Waals surface area contributed by atoms with Crippen LogP contribution in [0.5, 0.6) is 5.75 Å². The van der Waals surface area contributed by atoms with E-state index in [1.54, 1.807) is 12.1 Å². The highest BCUT2D eigenvalue weighted by molar-refractivity contribution is 5.85. The summed E-state index contributed by atoms with van der Waals surface area (Å²) in [6.45, 7) is 3.53. The zero-order valence-corrected chi connectivity index (χ0v) is 14.0. The quantitative estimate of drug-likeness (QED) is 0.825. The van der Waals surface area contributed by atoms with Crippen molar-refractivity contribution >= 4 is 18.3 Å². The maximum atomic E-state index is 13.1. The molecule has 5 nitrogen and oxygen atoms in total. The molecule has 3 N–H and O–H groups in total. The molecule has 0 bridgehead atoms. The van der Waals surface area contributed by atoms with Crippen molar-refractivity contribution in [2.24, 2.45) is 11.1 Å². The minimum absolute atomic E-state index is 0. The molecule has 0 aliphatic carbocycles. The summed E-state index contributed by atoms with van der Waals surface area (Å²) in [5.41, 5.74) is 5.26. The van der Waals surface area contributed by atoms with Gasteiger partial charge in [-0.2, -0.15) is 0 Å². The second-order valence-corrected chi connectivity index (χ2v) is 5.74. The second-order valence-electron chi connectivity index (χ2n) is 5.74. The molecular formula is C16H24ClFN2O3. The molecule has 7 heteroatoms. The highest BCUT2D eigenvalue weighted by Crippen LogP contribution is 2.29. The van der Waals surface area contributed by atoms with Crippen LogP contribution in [0.4, 0.5) is 4.39 Å². The lowest BCUT2D eigenvalue weighted by atomic mass is 9.79. The highest BCUT2D eigenvalue weighted by Gasteiger charge is 2.39. The number of hydrogen-bond acceptors (Lipinski definition) is 4. The van der Waals surface area contributed by atoms with Crippen LogP contribution in [0, 0.1) is 11.2 Å². The van der Waals surface area contributed by atoms with Gasteiger partial charge in [0.1, 0.15) is 18.2 Å². The van der Waals surface area contributed by atoms with Gasteiger partial charge in [0.25, 0.3) is 0 Å². The van der Waals surface area contributed by atoms with E-state index in [1.807, 2.05) is 6.92 Å². The van der Waals surface area contributed by atoms with Gasteiger partial charge in [0.05, 0.1) is 11.5 Å². The van der Waals surface area contributed by atoms with Gasteiger partial charge in [0.15, 0.2) is 0 Å². The van der Waals surface area contributed by atoms with Crippen LogP contribution >= 0.6 is 12.4 Å². The first-order valence-corrected chi connectivity index (χ1v) is 7.53. The number of benzene rings is 1. The normalized spacial score (nSPS) is 17.7. The van der Waals surface area contributed by atoms with Gasteiger partial charge >= 0.3 is 0 Å². The van der Waals surface area contributed by atoms with Crippen LogP contribution in [0.3, 0.4) is 0 Å². The maximum absolute atomic E-state index is 13.1. The number of rotatable bonds is 6. The number of carbonyl (C=O) groups excluding carboxylic acids is 1. The molecule has 0 saturated carbocycles. The van der Waals surface area contributed by atoms with Crippen molar-refractivity contribution in [2.45, 2.75) is 25.8 Å². The predicted molar refractivity (Wildman–Crippen MR) is 88.3 cm³/mol. The Balaban J connectivity index is 0.00000264. The molecule has 1 aromatic rings. The lowest BCUT2D eigenvalue weighted by molar-refractivity contribution is -0.136. The topological polar surface area (TPSA) is 73.6 Å². The van der Waals surface area contributed by atoms with Gasteiger partial charge in [0, 0.05) is 25.8 Å². The Morgan fingerprint density at radius 1 is 1.48 bits per heavy atom. The van der Waals surface area contributed by atoms with Gasteiger partial charge in [-0.1, -0.05) is 6.07 Å². The third-order valence-corrected chi connectivity index (χ3v) is 4.00. The summed E-state index contributed by atoms with van der Waals surface area (Å²) < 4.78 is 23.9. The van der Waals surface area contributed by atoms with E-state index in [0.29, 0.717) is 38.3 Å². The van der Waals surface area contributed by atoms with E-state index < -0.39 is 5.41 Å². The van der Waals surface area contributed by atoms with Gasteiger partial charge in [-0.3, -0.25) is 4.79 Å². The third-order valence-electron chi connectivity index (χ3n) is 4.00. The van der Waals surface area contributed by atoms with Crippen molar-refractivity contribution < 1.29 is 18.7 Å². The zero-order valence-electron chi connectivity index (χ0n) is 13.2. The van der Waals surface area contributed by atoms with E-state index in [2.05, 4.69) is 5.32 Å². The van der Waals surface area contributed by atoms with E-state index in [0.717, 1.165) is 0 Å². The van der Waals surface area contributed by atoms with Crippen molar-refractivity contribution in [3.63, 3.8) is 0 Å². The van der Waals surface area contributed by atoms with E-state index >= 15 is 0 Å². The van der Waals surface area contributed by atoms with Gasteiger partial charge in [0.2, 0.25) is 5.91 Å². The summed E-state index contributed by atoms with van der Waals surface area (Å²) in [4.78, 5) is 12.5. The van der Waals surface area contributed by atoms with E-state index in [-0.39, 0.29) is 36.8 Å². The zero-order chi connectivity index (χ0) is 16.0. The Kier molecular flexibility index (Phi) is 7.75. The van der Waals surface area contributed by atoms with Gasteiger partial charge in [-0.25, -0.2) is 4.39 Å². The minimum atomic E-state index is -0.550. The molecule has 0 aromatic heterocycles. The van der Waals surface area contributed by atoms with Crippen LogP contribution in [0.15, 0.2) is 24.3 Å². The van der Waals surface area contributed by atoms with Crippen molar-refractivity contribution in [2.75, 3.05) is 26.4 Å². The molecule has 1 unspecified atom stereocenters. The van der Waals surface area contributed by atoms with Crippen molar-refractivity contribution in [1.82, 2.24) is 5.32 Å². The molecule has 130 valence electrons. The van der Waals surface area contributed by atoms with E-state index in [4.69, 9.17) is 15.2 Å². The first kappa shape index (κ1) is 19.7. The lowest BCUT2D eigenvalue weighted by Gasteiger charge is -2.35. The fourth-order valence-corrected chi connectivity index (χ4v) is 2.48. The predicted octanol–water partition coefficient (Wildman–Crippen LogP) is 1.89. The fraction of sp³-hybridized carbons (Fsp3) is 0.562. The Morgan fingerprint density at radius 2 is 2.17 bits per heavy atom. The molecule has 0 radical (unpaired) electrons. The Hall–Kier alpha value is -1.37. The summed E-state index contributed by atoms with van der Waals surface area (Å²) in [5.74, 6) is 0.0350. The number of amides is 1. The Labute approximate surface area is 142 Å². The summed E-state index contributed by atoms with van der Waals surface area (Å²) in [6, 6.07) is 5.74. The smallest absolute Gasteiger partial charge is 0.227 e. The second kappa shape index (κ2) is 9.05. The minimum Gasteiger partial charge on any atom is -0.491 e. The van der Waals surface area contributed by atoms with Crippen LogP contribution in [-0.4, -0.2) is 38.3 Å². The Morgan fingerprint density at radius 3 is 2.78 bits per heavy atom. The average molecular weight is 347 g/mol. The summed E-state index contributed by atoms with van der Waals surface area (Å²) >= 11 is 0. The molecule has 0 spiro atoms. The van der Waals surface area contributed by atoms with Crippen molar-refractivity contribution in [1.29, 1.82) is 0 Å². The SMILES string of the molecule is CC(COc1cccc(F)c1)NC(=O)C1(CN)CCOCC1.Cl. The molecule has 1 aliphatic heterocycles. The van der Waals surface area contributed by atoms with Gasteiger partial charge in [-0.05, 0) is 31.9 Å². The molecule has 1 amide bonds. The van der Waals surface area contributed by atoms with Crippen LogP contribution in [-0.2, 0) is 9.53 Å². The number of nitrogens with one attached hydrogen (secondary N) is 1. The molecule has 1 fully saturated rings. The van der Waals surface area contributed by atoms with Crippen molar-refractivity contribution in [3.05, 3.63) is 30.1 Å². The number of halogens is 2. The molecule has 1 aliphatic rings. The largest absolute Gasteiger partial charge is 0.491 e. The number of ether oxygens (including phenoxy) is 2. The fourth-order valence-electron chi connectivity index (χ4n) is 2.48. The van der Waals surface area contributed by atoms with Crippen LogP contribution in [0.1, 0.15) is 19.8 Å². The van der Waals surface area contributed by atoms with E-state index in [1.165, 1.54) is 12.1 Å². The number of carbonyl (C=O) groups is 1. The standard InChI is InChI=1S/C16H23FN2O3.ClH/c1-12(10-22-14-4-2-3-13(17)9-14)19-15(20)16(11-18)5-7-21-8-6-16;/h2-4,9,12H,5-8,10-11,18H2,1H3,(H,19,20);1H. The first-order chi connectivity index (χ1) is 10.6. The van der Waals surface area contributed by atoms with Crippen LogP contribution < -0.4 is 15.8 Å². The first-order valence-electron chi connectivity index (χ1n) is 7.53. The molecule has 1 atom stereocenters. The highest BCUT2D eigenvalue weighted by atomic mass is 35.5. The Bertz CT molecular complexity index is 510. The van der Waals surface area contributed by atoms with Crippen LogP contribution in [0.2, 0.25) is 0 Å². The average Bonchev–Trinajstić information content (AvgIpc) is 2.53. The maximum Gasteiger partial charge on any atom is 0.227 e. The summed E-state index contributed by atoms with van der Waals surface area (Å²) in [6.07, 6.45) is 1.26. The van der Waals surface area contributed by atoms with Crippen molar-refractivity contribution in [3.8, 4) is 5.75 Å². The molecule has 1 saturated heterocycles. The van der Waals surface area contributed by atoms with Crippen LogP contribution in [0.25, 0.3) is 0 Å². The summed E-state index contributed by atoms with van der Waals surface area (Å²) in [7, 11) is 0. The molecule has 1 heterocycles. The lowest BCUT2D eigenvalue weighted by Crippen LogP contribution is -2.52.